The Morgan fingerprint density at radius 3 is 2.21 bits per heavy atom. The van der Waals surface area contributed by atoms with Gasteiger partial charge in [-0.3, -0.25) is 0 Å². The molecule has 0 aromatic heterocycles. The summed E-state index contributed by atoms with van der Waals surface area (Å²) in [5.74, 6) is 0.206. The zero-order valence-electron chi connectivity index (χ0n) is 14.2. The highest BCUT2D eigenvalue weighted by Gasteiger charge is 2.13. The molecule has 0 radical (unpaired) electrons. The first-order valence-corrected chi connectivity index (χ1v) is 7.76. The summed E-state index contributed by atoms with van der Waals surface area (Å²) in [4.78, 5) is 11.7. The molecule has 0 amide bonds. The van der Waals surface area contributed by atoms with Crippen molar-refractivity contribution in [2.24, 2.45) is 0 Å². The smallest absolute Gasteiger partial charge is 0.344 e. The Labute approximate surface area is 142 Å². The second-order valence-electron chi connectivity index (χ2n) is 6.53. The molecule has 0 aliphatic heterocycles. The summed E-state index contributed by atoms with van der Waals surface area (Å²) in [6.45, 7) is 6.46. The number of rotatable bonds is 5. The van der Waals surface area contributed by atoms with Crippen LogP contribution in [0.5, 0.6) is 5.75 Å². The molecule has 4 heteroatoms. The lowest BCUT2D eigenvalue weighted by Crippen LogP contribution is -2.15. The molecule has 24 heavy (non-hydrogen) atoms. The van der Waals surface area contributed by atoms with Crippen molar-refractivity contribution in [3.63, 3.8) is 0 Å². The first-order chi connectivity index (χ1) is 11.4. The van der Waals surface area contributed by atoms with Crippen molar-refractivity contribution in [1.29, 1.82) is 5.26 Å². The number of benzene rings is 2. The molecule has 0 fully saturated rings. The predicted molar refractivity (Wildman–Crippen MR) is 91.6 cm³/mol. The van der Waals surface area contributed by atoms with E-state index in [1.807, 2.05) is 30.3 Å². The van der Waals surface area contributed by atoms with Crippen LogP contribution in [0.3, 0.4) is 0 Å². The van der Waals surface area contributed by atoms with Crippen molar-refractivity contribution in [1.82, 2.24) is 0 Å². The van der Waals surface area contributed by atoms with E-state index < -0.39 is 5.97 Å². The predicted octanol–water partition coefficient (Wildman–Crippen LogP) is 3.98. The van der Waals surface area contributed by atoms with Crippen LogP contribution in [0.25, 0.3) is 0 Å². The van der Waals surface area contributed by atoms with Crippen LogP contribution in [0.1, 0.15) is 37.5 Å². The molecule has 0 saturated heterocycles. The second-order valence-corrected chi connectivity index (χ2v) is 6.53. The topological polar surface area (TPSA) is 59.3 Å². The third-order valence-electron chi connectivity index (χ3n) is 3.56. The lowest BCUT2D eigenvalue weighted by Gasteiger charge is -2.19. The third kappa shape index (κ3) is 5.13. The molecule has 2 rings (SSSR count). The van der Waals surface area contributed by atoms with E-state index in [-0.39, 0.29) is 18.6 Å². The van der Waals surface area contributed by atoms with Crippen LogP contribution >= 0.6 is 0 Å². The maximum Gasteiger partial charge on any atom is 0.344 e. The van der Waals surface area contributed by atoms with Crippen molar-refractivity contribution >= 4 is 5.97 Å². The fourth-order valence-electron chi connectivity index (χ4n) is 2.07. The largest absolute Gasteiger partial charge is 0.482 e. The Balaban J connectivity index is 1.79. The Morgan fingerprint density at radius 1 is 1.04 bits per heavy atom. The van der Waals surface area contributed by atoms with Gasteiger partial charge in [-0.25, -0.2) is 4.79 Å². The Hall–Kier alpha value is -2.80. The van der Waals surface area contributed by atoms with Gasteiger partial charge in [0.05, 0.1) is 11.6 Å². The Morgan fingerprint density at radius 2 is 1.67 bits per heavy atom. The third-order valence-corrected chi connectivity index (χ3v) is 3.56. The molecule has 0 spiro atoms. The van der Waals surface area contributed by atoms with Crippen LogP contribution in [0.4, 0.5) is 0 Å². The summed E-state index contributed by atoms with van der Waals surface area (Å²) in [6, 6.07) is 16.7. The molecule has 4 nitrogen and oxygen atoms in total. The van der Waals surface area contributed by atoms with Crippen LogP contribution in [-0.2, 0) is 21.6 Å². The van der Waals surface area contributed by atoms with Gasteiger partial charge in [0.15, 0.2) is 6.61 Å². The van der Waals surface area contributed by atoms with E-state index in [1.54, 1.807) is 24.3 Å². The summed E-state index contributed by atoms with van der Waals surface area (Å²) >= 11 is 0. The van der Waals surface area contributed by atoms with Crippen molar-refractivity contribution in [2.75, 3.05) is 6.61 Å². The highest BCUT2D eigenvalue weighted by molar-refractivity contribution is 5.71. The average molecular weight is 323 g/mol. The van der Waals surface area contributed by atoms with E-state index in [4.69, 9.17) is 14.7 Å². The van der Waals surface area contributed by atoms with E-state index in [0.29, 0.717) is 11.3 Å². The number of ether oxygens (including phenoxy) is 2. The van der Waals surface area contributed by atoms with Gasteiger partial charge < -0.3 is 9.47 Å². The zero-order chi connectivity index (χ0) is 17.6. The molecule has 2 aromatic rings. The lowest BCUT2D eigenvalue weighted by atomic mass is 9.87. The number of nitrogens with zero attached hydrogens (tertiary/aromatic N) is 1. The van der Waals surface area contributed by atoms with Gasteiger partial charge in [-0.2, -0.15) is 5.26 Å². The number of nitriles is 1. The molecule has 0 heterocycles. The Bertz CT molecular complexity index is 719. The van der Waals surface area contributed by atoms with Crippen LogP contribution in [0.2, 0.25) is 0 Å². The summed E-state index contributed by atoms with van der Waals surface area (Å²) in [7, 11) is 0. The van der Waals surface area contributed by atoms with E-state index >= 15 is 0 Å². The van der Waals surface area contributed by atoms with Gasteiger partial charge in [0, 0.05) is 0 Å². The molecule has 124 valence electrons. The summed E-state index contributed by atoms with van der Waals surface area (Å²) < 4.78 is 10.6. The molecular weight excluding hydrogens is 302 g/mol. The van der Waals surface area contributed by atoms with Crippen LogP contribution in [-0.4, -0.2) is 12.6 Å². The first kappa shape index (κ1) is 17.6. The summed E-state index contributed by atoms with van der Waals surface area (Å²) in [5.41, 5.74) is 2.70. The van der Waals surface area contributed by atoms with Gasteiger partial charge in [-0.15, -0.1) is 0 Å². The normalized spacial score (nSPS) is 10.8. The van der Waals surface area contributed by atoms with Gasteiger partial charge in [0.1, 0.15) is 12.4 Å². The van der Waals surface area contributed by atoms with Crippen molar-refractivity contribution < 1.29 is 14.3 Å². The molecule has 0 N–H and O–H groups in total. The number of hydrogen-bond acceptors (Lipinski definition) is 4. The number of hydrogen-bond donors (Lipinski definition) is 0. The van der Waals surface area contributed by atoms with E-state index in [2.05, 4.69) is 20.8 Å². The number of carbonyl (C=O) groups is 1. The highest BCUT2D eigenvalue weighted by Crippen LogP contribution is 2.24. The van der Waals surface area contributed by atoms with E-state index in [9.17, 15) is 4.79 Å². The molecule has 2 aromatic carbocycles. The van der Waals surface area contributed by atoms with Crippen LogP contribution in [0.15, 0.2) is 48.5 Å². The van der Waals surface area contributed by atoms with Gasteiger partial charge >= 0.3 is 5.97 Å². The van der Waals surface area contributed by atoms with Crippen LogP contribution < -0.4 is 4.74 Å². The minimum Gasteiger partial charge on any atom is -0.482 e. The Kier molecular flexibility index (Phi) is 5.59. The maximum atomic E-state index is 11.7. The lowest BCUT2D eigenvalue weighted by molar-refractivity contribution is -0.147. The molecular formula is C20H21NO3. The average Bonchev–Trinajstić information content (AvgIpc) is 2.58. The first-order valence-electron chi connectivity index (χ1n) is 7.76. The van der Waals surface area contributed by atoms with Crippen molar-refractivity contribution in [3.8, 4) is 11.8 Å². The highest BCUT2D eigenvalue weighted by atomic mass is 16.6. The minimum absolute atomic E-state index is 0.0819. The van der Waals surface area contributed by atoms with Crippen molar-refractivity contribution in [2.45, 2.75) is 32.8 Å². The minimum atomic E-state index is -0.431. The fraction of sp³-hybridized carbons (Fsp3) is 0.300. The summed E-state index contributed by atoms with van der Waals surface area (Å²) in [5, 5.41) is 8.73. The number of esters is 1. The zero-order valence-corrected chi connectivity index (χ0v) is 14.2. The van der Waals surface area contributed by atoms with Gasteiger partial charge in [-0.1, -0.05) is 45.0 Å². The molecule has 0 saturated carbocycles. The standard InChI is InChI=1S/C20H21NO3/c1-20(2,3)17-8-10-18(11-9-17)23-14-19(22)24-13-16-6-4-15(12-21)5-7-16/h4-11H,13-14H2,1-3H3. The maximum absolute atomic E-state index is 11.7. The van der Waals surface area contributed by atoms with E-state index in [0.717, 1.165) is 5.56 Å². The molecule has 0 atom stereocenters. The molecule has 0 aliphatic carbocycles. The van der Waals surface area contributed by atoms with Gasteiger partial charge in [0.25, 0.3) is 0 Å². The quantitative estimate of drug-likeness (QED) is 0.781. The molecule has 0 bridgehead atoms. The van der Waals surface area contributed by atoms with Gasteiger partial charge in [-0.05, 0) is 40.8 Å². The van der Waals surface area contributed by atoms with Gasteiger partial charge in [0.2, 0.25) is 0 Å². The van der Waals surface area contributed by atoms with E-state index in [1.165, 1.54) is 5.56 Å². The SMILES string of the molecule is CC(C)(C)c1ccc(OCC(=O)OCc2ccc(C#N)cc2)cc1. The number of carbonyl (C=O) groups excluding carboxylic acids is 1. The fourth-order valence-corrected chi connectivity index (χ4v) is 2.07. The van der Waals surface area contributed by atoms with Crippen LogP contribution in [0, 0.1) is 11.3 Å². The summed E-state index contributed by atoms with van der Waals surface area (Å²) in [6.07, 6.45) is 0. The second kappa shape index (κ2) is 7.65. The molecule has 0 unspecified atom stereocenters. The van der Waals surface area contributed by atoms with Crippen molar-refractivity contribution in [3.05, 3.63) is 65.2 Å². The molecule has 0 aliphatic rings. The monoisotopic (exact) mass is 323 g/mol.